The van der Waals surface area contributed by atoms with Gasteiger partial charge in [0.2, 0.25) is 0 Å². The van der Waals surface area contributed by atoms with Crippen molar-refractivity contribution in [3.8, 4) is 0 Å². The summed E-state index contributed by atoms with van der Waals surface area (Å²) >= 11 is 2.98. The van der Waals surface area contributed by atoms with E-state index >= 15 is 0 Å². The van der Waals surface area contributed by atoms with Crippen molar-refractivity contribution in [1.82, 2.24) is 0 Å². The molecule has 0 fully saturated rings. The molecule has 0 aliphatic rings. The van der Waals surface area contributed by atoms with Crippen LogP contribution in [0.2, 0.25) is 0 Å². The van der Waals surface area contributed by atoms with Gasteiger partial charge in [-0.25, -0.2) is 4.79 Å². The highest BCUT2D eigenvalue weighted by atomic mass is 35.5. The Morgan fingerprint density at radius 3 is 3.00 bits per heavy atom. The molecule has 1 aromatic heterocycles. The van der Waals surface area contributed by atoms with Gasteiger partial charge in [-0.2, -0.15) is 0 Å². The van der Waals surface area contributed by atoms with E-state index in [0.29, 0.717) is 11.4 Å². The lowest BCUT2D eigenvalue weighted by Crippen LogP contribution is -2.03. The van der Waals surface area contributed by atoms with Crippen LogP contribution in [0.4, 0.5) is 0 Å². The molecule has 0 radical (unpaired) electrons. The van der Waals surface area contributed by atoms with E-state index in [2.05, 4.69) is 4.74 Å². The Hall–Kier alpha value is -0.230. The summed E-state index contributed by atoms with van der Waals surface area (Å²) < 4.78 is 4.64. The average molecular weight is 254 g/mol. The Labute approximate surface area is 97.4 Å². The van der Waals surface area contributed by atoms with Crippen molar-refractivity contribution in [2.24, 2.45) is 5.73 Å². The number of carbonyl (C=O) groups is 1. The number of hydrogen-bond donors (Lipinski definition) is 1. The van der Waals surface area contributed by atoms with Crippen molar-refractivity contribution in [3.63, 3.8) is 0 Å². The smallest absolute Gasteiger partial charge is 0.349 e. The van der Waals surface area contributed by atoms with Crippen LogP contribution in [0.5, 0.6) is 0 Å². The van der Waals surface area contributed by atoms with E-state index in [1.54, 1.807) is 11.8 Å². The second-order valence-electron chi connectivity index (χ2n) is 2.24. The van der Waals surface area contributed by atoms with Gasteiger partial charge in [0.1, 0.15) is 4.88 Å². The van der Waals surface area contributed by atoms with Crippen LogP contribution in [-0.4, -0.2) is 25.4 Å². The molecule has 1 rings (SSSR count). The first-order valence-electron chi connectivity index (χ1n) is 3.78. The van der Waals surface area contributed by atoms with E-state index in [0.717, 1.165) is 10.6 Å². The Kier molecular flexibility index (Phi) is 7.00. The molecular weight excluding hydrogens is 242 g/mol. The Morgan fingerprint density at radius 1 is 1.71 bits per heavy atom. The molecule has 1 heterocycles. The quantitative estimate of drug-likeness (QED) is 0.659. The van der Waals surface area contributed by atoms with Crippen LogP contribution in [0.1, 0.15) is 9.67 Å². The third-order valence-electron chi connectivity index (χ3n) is 1.38. The highest BCUT2D eigenvalue weighted by Crippen LogP contribution is 2.27. The maximum absolute atomic E-state index is 11.2. The summed E-state index contributed by atoms with van der Waals surface area (Å²) in [5.41, 5.74) is 5.37. The number of methoxy groups -OCH3 is 1. The molecule has 0 atom stereocenters. The van der Waals surface area contributed by atoms with Crippen molar-refractivity contribution in [3.05, 3.63) is 16.3 Å². The molecule has 6 heteroatoms. The van der Waals surface area contributed by atoms with E-state index < -0.39 is 0 Å². The lowest BCUT2D eigenvalue weighted by Gasteiger charge is -1.99. The molecule has 0 amide bonds. The molecule has 0 aromatic carbocycles. The van der Waals surface area contributed by atoms with E-state index in [1.807, 2.05) is 11.4 Å². The largest absolute Gasteiger partial charge is 0.465 e. The zero-order valence-electron chi connectivity index (χ0n) is 7.69. The van der Waals surface area contributed by atoms with Gasteiger partial charge in [0, 0.05) is 17.2 Å². The van der Waals surface area contributed by atoms with Crippen LogP contribution in [0.3, 0.4) is 0 Å². The van der Waals surface area contributed by atoms with Crippen molar-refractivity contribution in [2.45, 2.75) is 4.90 Å². The van der Waals surface area contributed by atoms with Crippen LogP contribution in [0.15, 0.2) is 16.3 Å². The first kappa shape index (κ1) is 13.8. The van der Waals surface area contributed by atoms with Crippen molar-refractivity contribution in [1.29, 1.82) is 0 Å². The first-order valence-corrected chi connectivity index (χ1v) is 5.64. The number of halogens is 1. The molecule has 80 valence electrons. The van der Waals surface area contributed by atoms with Gasteiger partial charge in [-0.15, -0.1) is 35.5 Å². The van der Waals surface area contributed by atoms with E-state index in [-0.39, 0.29) is 18.4 Å². The van der Waals surface area contributed by atoms with E-state index in [1.165, 1.54) is 18.4 Å². The molecule has 2 N–H and O–H groups in total. The maximum atomic E-state index is 11.2. The van der Waals surface area contributed by atoms with Gasteiger partial charge in [0.25, 0.3) is 0 Å². The number of rotatable bonds is 4. The Morgan fingerprint density at radius 2 is 2.43 bits per heavy atom. The number of thioether (sulfide) groups is 1. The summed E-state index contributed by atoms with van der Waals surface area (Å²) in [6.07, 6.45) is 0. The fourth-order valence-electron chi connectivity index (χ4n) is 0.822. The van der Waals surface area contributed by atoms with E-state index in [4.69, 9.17) is 5.73 Å². The third-order valence-corrected chi connectivity index (χ3v) is 3.49. The standard InChI is InChI=1S/C8H11NO2S2.ClH/c1-11-8(10)7-6(2-4-13-7)12-5-3-9;/h2,4H,3,5,9H2,1H3;1H. The molecule has 3 nitrogen and oxygen atoms in total. The minimum Gasteiger partial charge on any atom is -0.465 e. The van der Waals surface area contributed by atoms with Gasteiger partial charge in [-0.3, -0.25) is 0 Å². The molecule has 0 unspecified atom stereocenters. The van der Waals surface area contributed by atoms with E-state index in [9.17, 15) is 4.79 Å². The summed E-state index contributed by atoms with van der Waals surface area (Å²) in [4.78, 5) is 12.8. The normalized spacial score (nSPS) is 9.29. The number of thiophene rings is 1. The van der Waals surface area contributed by atoms with Gasteiger partial charge in [0.05, 0.1) is 7.11 Å². The highest BCUT2D eigenvalue weighted by Gasteiger charge is 2.12. The van der Waals surface area contributed by atoms with Crippen molar-refractivity contribution >= 4 is 41.5 Å². The number of carbonyl (C=O) groups excluding carboxylic acids is 1. The van der Waals surface area contributed by atoms with Crippen LogP contribution < -0.4 is 5.73 Å². The van der Waals surface area contributed by atoms with Crippen LogP contribution >= 0.6 is 35.5 Å². The molecule has 0 bridgehead atoms. The van der Waals surface area contributed by atoms with Gasteiger partial charge < -0.3 is 10.5 Å². The summed E-state index contributed by atoms with van der Waals surface area (Å²) in [7, 11) is 1.39. The summed E-state index contributed by atoms with van der Waals surface area (Å²) in [6, 6.07) is 1.91. The molecule has 0 saturated carbocycles. The lowest BCUT2D eigenvalue weighted by molar-refractivity contribution is 0.0603. The average Bonchev–Trinajstić information content (AvgIpc) is 2.61. The minimum absolute atomic E-state index is 0. The fraction of sp³-hybridized carbons (Fsp3) is 0.375. The molecule has 0 aliphatic carbocycles. The predicted molar refractivity (Wildman–Crippen MR) is 62.7 cm³/mol. The Balaban J connectivity index is 0.00000169. The third kappa shape index (κ3) is 3.49. The highest BCUT2D eigenvalue weighted by molar-refractivity contribution is 7.99. The second-order valence-corrected chi connectivity index (χ2v) is 4.30. The number of nitrogens with two attached hydrogens (primary N) is 1. The number of esters is 1. The molecular formula is C8H12ClNO2S2. The van der Waals surface area contributed by atoms with Gasteiger partial charge in [-0.05, 0) is 11.4 Å². The molecule has 1 aromatic rings. The number of hydrogen-bond acceptors (Lipinski definition) is 5. The SMILES string of the molecule is COC(=O)c1sccc1SCCN.Cl. The molecule has 0 saturated heterocycles. The predicted octanol–water partition coefficient (Wildman–Crippen LogP) is 2.01. The zero-order valence-corrected chi connectivity index (χ0v) is 10.1. The monoisotopic (exact) mass is 253 g/mol. The van der Waals surface area contributed by atoms with Crippen molar-refractivity contribution in [2.75, 3.05) is 19.4 Å². The topological polar surface area (TPSA) is 52.3 Å². The molecule has 14 heavy (non-hydrogen) atoms. The summed E-state index contributed by atoms with van der Waals surface area (Å²) in [5, 5.41) is 1.88. The van der Waals surface area contributed by atoms with Crippen LogP contribution in [0, 0.1) is 0 Å². The van der Waals surface area contributed by atoms with Crippen molar-refractivity contribution < 1.29 is 9.53 Å². The molecule has 0 spiro atoms. The number of ether oxygens (including phenoxy) is 1. The maximum Gasteiger partial charge on any atom is 0.349 e. The summed E-state index contributed by atoms with van der Waals surface area (Å²) in [6.45, 7) is 0.612. The summed E-state index contributed by atoms with van der Waals surface area (Å²) in [5.74, 6) is 0.551. The minimum atomic E-state index is -0.269. The Bertz CT molecular complexity index is 291. The second kappa shape index (κ2) is 7.11. The van der Waals surface area contributed by atoms with Gasteiger partial charge in [0.15, 0.2) is 0 Å². The zero-order chi connectivity index (χ0) is 9.68. The first-order chi connectivity index (χ1) is 6.29. The fourth-order valence-corrected chi connectivity index (χ4v) is 2.65. The lowest BCUT2D eigenvalue weighted by atomic mass is 10.5. The van der Waals surface area contributed by atoms with Gasteiger partial charge in [-0.1, -0.05) is 0 Å². The van der Waals surface area contributed by atoms with Crippen LogP contribution in [-0.2, 0) is 4.74 Å². The molecule has 0 aliphatic heterocycles. The van der Waals surface area contributed by atoms with Gasteiger partial charge >= 0.3 is 5.97 Å². The van der Waals surface area contributed by atoms with Crippen LogP contribution in [0.25, 0.3) is 0 Å².